The molecular formula is C14H30N2O3. The Bertz CT molecular complexity index is 237. The Hall–Kier alpha value is -1.10. The number of amides is 1. The summed E-state index contributed by atoms with van der Waals surface area (Å²) in [5, 5.41) is 0. The molecule has 5 heteroatoms. The van der Waals surface area contributed by atoms with Crippen LogP contribution in [-0.4, -0.2) is 61.0 Å². The smallest absolute Gasteiger partial charge is 0.303 e. The van der Waals surface area contributed by atoms with Crippen molar-refractivity contribution in [1.29, 1.82) is 0 Å². The van der Waals surface area contributed by atoms with E-state index in [9.17, 15) is 9.59 Å². The molecule has 0 radical (unpaired) electrons. The summed E-state index contributed by atoms with van der Waals surface area (Å²) in [6, 6.07) is 0. The van der Waals surface area contributed by atoms with E-state index in [4.69, 9.17) is 0 Å². The minimum Gasteiger partial charge on any atom is -0.456 e. The van der Waals surface area contributed by atoms with Gasteiger partial charge in [-0.3, -0.25) is 9.59 Å². The maximum atomic E-state index is 11.5. The van der Waals surface area contributed by atoms with Crippen molar-refractivity contribution in [3.8, 4) is 0 Å². The van der Waals surface area contributed by atoms with Crippen LogP contribution in [0.25, 0.3) is 0 Å². The summed E-state index contributed by atoms with van der Waals surface area (Å²) in [5.74, 6) is -0.503. The third-order valence-corrected chi connectivity index (χ3v) is 2.57. The molecule has 1 aliphatic heterocycles. The van der Waals surface area contributed by atoms with E-state index in [1.54, 1.807) is 4.90 Å². The number of carbonyl (C=O) groups is 2. The summed E-state index contributed by atoms with van der Waals surface area (Å²) in [5.41, 5.74) is 0. The third kappa shape index (κ3) is 9.47. The van der Waals surface area contributed by atoms with Gasteiger partial charge in [0, 0.05) is 33.1 Å². The van der Waals surface area contributed by atoms with Gasteiger partial charge in [0.1, 0.15) is 0 Å². The molecule has 1 heterocycles. The summed E-state index contributed by atoms with van der Waals surface area (Å²) in [6.07, 6.45) is 0. The van der Waals surface area contributed by atoms with Crippen molar-refractivity contribution >= 4 is 11.9 Å². The molecule has 1 aliphatic rings. The van der Waals surface area contributed by atoms with Crippen LogP contribution in [0.3, 0.4) is 0 Å². The van der Waals surface area contributed by atoms with Gasteiger partial charge in [0.15, 0.2) is 6.61 Å². The average molecular weight is 274 g/mol. The van der Waals surface area contributed by atoms with E-state index >= 15 is 0 Å². The van der Waals surface area contributed by atoms with Crippen LogP contribution in [0.2, 0.25) is 0 Å². The van der Waals surface area contributed by atoms with E-state index in [2.05, 4.69) is 16.6 Å². The quantitative estimate of drug-likeness (QED) is 0.736. The number of hydrogen-bond acceptors (Lipinski definition) is 4. The molecule has 0 aromatic rings. The standard InChI is InChI=1S/C10H18N2O3.2C2H6/c1-3-11-4-6-12(7-5-11)10(14)8-15-9(2)13;2*1-2/h3-8H2,1-2H3;2*1-2H3. The molecule has 0 N–H and O–H groups in total. The largest absolute Gasteiger partial charge is 0.456 e. The van der Waals surface area contributed by atoms with Crippen LogP contribution in [0.5, 0.6) is 0 Å². The number of likely N-dealkylation sites (N-methyl/N-ethyl adjacent to an activating group) is 1. The molecular weight excluding hydrogens is 244 g/mol. The second-order valence-corrected chi connectivity index (χ2v) is 3.60. The lowest BCUT2D eigenvalue weighted by Gasteiger charge is -2.33. The molecule has 1 saturated heterocycles. The molecule has 0 aromatic heterocycles. The van der Waals surface area contributed by atoms with Crippen LogP contribution in [0.4, 0.5) is 0 Å². The van der Waals surface area contributed by atoms with Gasteiger partial charge in [0.25, 0.3) is 5.91 Å². The molecule has 19 heavy (non-hydrogen) atoms. The summed E-state index contributed by atoms with van der Waals surface area (Å²) in [6.45, 7) is 15.6. The predicted molar refractivity (Wildman–Crippen MR) is 78.0 cm³/mol. The van der Waals surface area contributed by atoms with Gasteiger partial charge < -0.3 is 14.5 Å². The summed E-state index contributed by atoms with van der Waals surface area (Å²) >= 11 is 0. The van der Waals surface area contributed by atoms with Crippen molar-refractivity contribution in [2.75, 3.05) is 39.3 Å². The van der Waals surface area contributed by atoms with Crippen molar-refractivity contribution in [2.24, 2.45) is 0 Å². The third-order valence-electron chi connectivity index (χ3n) is 2.57. The fraction of sp³-hybridized carbons (Fsp3) is 0.857. The molecule has 1 fully saturated rings. The molecule has 0 aliphatic carbocycles. The van der Waals surface area contributed by atoms with Crippen molar-refractivity contribution in [3.05, 3.63) is 0 Å². The summed E-state index contributed by atoms with van der Waals surface area (Å²) < 4.78 is 4.67. The van der Waals surface area contributed by atoms with Crippen molar-refractivity contribution < 1.29 is 14.3 Å². The number of carbonyl (C=O) groups excluding carboxylic acids is 2. The van der Waals surface area contributed by atoms with E-state index < -0.39 is 5.97 Å². The highest BCUT2D eigenvalue weighted by Gasteiger charge is 2.20. The number of nitrogens with zero attached hydrogens (tertiary/aromatic N) is 2. The highest BCUT2D eigenvalue weighted by Crippen LogP contribution is 2.01. The first-order valence-corrected chi connectivity index (χ1v) is 7.27. The van der Waals surface area contributed by atoms with Crippen molar-refractivity contribution in [3.63, 3.8) is 0 Å². The monoisotopic (exact) mass is 274 g/mol. The zero-order valence-electron chi connectivity index (χ0n) is 13.4. The first-order valence-electron chi connectivity index (χ1n) is 7.27. The van der Waals surface area contributed by atoms with E-state index in [1.807, 2.05) is 27.7 Å². The lowest BCUT2D eigenvalue weighted by molar-refractivity contribution is -0.151. The molecule has 0 bridgehead atoms. The van der Waals surface area contributed by atoms with E-state index in [0.717, 1.165) is 32.7 Å². The maximum absolute atomic E-state index is 11.5. The fourth-order valence-electron chi connectivity index (χ4n) is 1.57. The predicted octanol–water partition coefficient (Wildman–Crippen LogP) is 1.77. The maximum Gasteiger partial charge on any atom is 0.303 e. The SMILES string of the molecule is CC.CC.CCN1CCN(C(=O)COC(C)=O)CC1. The van der Waals surface area contributed by atoms with E-state index in [1.165, 1.54) is 6.92 Å². The van der Waals surface area contributed by atoms with Gasteiger partial charge in [-0.05, 0) is 6.54 Å². The number of ether oxygens (including phenoxy) is 1. The first kappa shape index (κ1) is 20.2. The van der Waals surface area contributed by atoms with Crippen LogP contribution in [-0.2, 0) is 14.3 Å². The number of esters is 1. The molecule has 0 spiro atoms. The average Bonchev–Trinajstić information content (AvgIpc) is 2.49. The van der Waals surface area contributed by atoms with Crippen LogP contribution in [0.15, 0.2) is 0 Å². The Morgan fingerprint density at radius 2 is 1.47 bits per heavy atom. The summed E-state index contributed by atoms with van der Waals surface area (Å²) in [4.78, 5) is 26.1. The molecule has 114 valence electrons. The van der Waals surface area contributed by atoms with Crippen molar-refractivity contribution in [2.45, 2.75) is 41.5 Å². The lowest BCUT2D eigenvalue weighted by Crippen LogP contribution is -2.49. The Balaban J connectivity index is 0. The zero-order valence-corrected chi connectivity index (χ0v) is 13.4. The Morgan fingerprint density at radius 3 is 1.84 bits per heavy atom. The van der Waals surface area contributed by atoms with Crippen LogP contribution < -0.4 is 0 Å². The first-order chi connectivity index (χ1) is 9.13. The molecule has 0 atom stereocenters. The van der Waals surface area contributed by atoms with Gasteiger partial charge in [-0.1, -0.05) is 34.6 Å². The molecule has 0 saturated carbocycles. The van der Waals surface area contributed by atoms with Crippen LogP contribution in [0, 0.1) is 0 Å². The molecule has 0 unspecified atom stereocenters. The second kappa shape index (κ2) is 13.3. The Morgan fingerprint density at radius 1 is 1.00 bits per heavy atom. The van der Waals surface area contributed by atoms with Gasteiger partial charge in [-0.15, -0.1) is 0 Å². The van der Waals surface area contributed by atoms with Gasteiger partial charge in [0.05, 0.1) is 0 Å². The Kier molecular flexibility index (Phi) is 14.2. The number of rotatable bonds is 3. The molecule has 1 rings (SSSR count). The fourth-order valence-corrected chi connectivity index (χ4v) is 1.57. The summed E-state index contributed by atoms with van der Waals surface area (Å²) in [7, 11) is 0. The molecule has 1 amide bonds. The number of hydrogen-bond donors (Lipinski definition) is 0. The topological polar surface area (TPSA) is 49.9 Å². The van der Waals surface area contributed by atoms with Crippen LogP contribution in [0.1, 0.15) is 41.5 Å². The van der Waals surface area contributed by atoms with Gasteiger partial charge in [-0.2, -0.15) is 0 Å². The van der Waals surface area contributed by atoms with E-state index in [-0.39, 0.29) is 12.5 Å². The minimum absolute atomic E-state index is 0.0963. The van der Waals surface area contributed by atoms with Gasteiger partial charge >= 0.3 is 5.97 Å². The molecule has 0 aromatic carbocycles. The van der Waals surface area contributed by atoms with Crippen LogP contribution >= 0.6 is 0 Å². The van der Waals surface area contributed by atoms with E-state index in [0.29, 0.717) is 0 Å². The highest BCUT2D eigenvalue weighted by molar-refractivity contribution is 5.80. The van der Waals surface area contributed by atoms with Crippen molar-refractivity contribution in [1.82, 2.24) is 9.80 Å². The Labute approximate surface area is 117 Å². The number of piperazine rings is 1. The molecule has 5 nitrogen and oxygen atoms in total. The normalized spacial score (nSPS) is 14.5. The zero-order chi connectivity index (χ0) is 15.3. The second-order valence-electron chi connectivity index (χ2n) is 3.60. The highest BCUT2D eigenvalue weighted by atomic mass is 16.5. The lowest BCUT2D eigenvalue weighted by atomic mass is 10.3. The van der Waals surface area contributed by atoms with Gasteiger partial charge in [-0.25, -0.2) is 0 Å². The minimum atomic E-state index is -0.407. The van der Waals surface area contributed by atoms with Gasteiger partial charge in [0.2, 0.25) is 0 Å².